The van der Waals surface area contributed by atoms with E-state index in [0.29, 0.717) is 5.69 Å². The van der Waals surface area contributed by atoms with Crippen LogP contribution in [0.25, 0.3) is 0 Å². The number of carbonyl (C=O) groups is 1. The molecule has 0 aliphatic rings. The molecule has 0 aliphatic heterocycles. The van der Waals surface area contributed by atoms with Crippen LogP contribution in [0.4, 0.5) is 10.1 Å². The van der Waals surface area contributed by atoms with Gasteiger partial charge in [-0.05, 0) is 24.1 Å². The first-order chi connectivity index (χ1) is 7.40. The van der Waals surface area contributed by atoms with Crippen LogP contribution in [0.2, 0.25) is 5.02 Å². The first kappa shape index (κ1) is 12.9. The Morgan fingerprint density at radius 3 is 2.56 bits per heavy atom. The second-order valence-electron chi connectivity index (χ2n) is 3.92. The maximum atomic E-state index is 13.0. The number of amides is 1. The number of nitrogens with one attached hydrogen (secondary N) is 1. The van der Waals surface area contributed by atoms with E-state index in [-0.39, 0.29) is 16.8 Å². The Morgan fingerprint density at radius 2 is 2.06 bits per heavy atom. The van der Waals surface area contributed by atoms with Crippen molar-refractivity contribution >= 4 is 23.2 Å². The molecule has 88 valence electrons. The molecule has 1 amide bonds. The molecule has 1 aromatic carbocycles. The van der Waals surface area contributed by atoms with Gasteiger partial charge < -0.3 is 11.1 Å². The van der Waals surface area contributed by atoms with E-state index in [2.05, 4.69) is 5.32 Å². The SMILES string of the molecule is CC(C)C(N)C(=O)Nc1cc(F)cc(Cl)c1. The Hall–Kier alpha value is -1.13. The number of anilines is 1. The topological polar surface area (TPSA) is 55.1 Å². The molecule has 0 fully saturated rings. The Kier molecular flexibility index (Phi) is 4.26. The number of hydrogen-bond acceptors (Lipinski definition) is 2. The Labute approximate surface area is 98.8 Å². The average Bonchev–Trinajstić information content (AvgIpc) is 2.14. The molecule has 1 unspecified atom stereocenters. The van der Waals surface area contributed by atoms with Gasteiger partial charge in [0.15, 0.2) is 0 Å². The van der Waals surface area contributed by atoms with E-state index >= 15 is 0 Å². The molecule has 1 rings (SSSR count). The first-order valence-electron chi connectivity index (χ1n) is 4.92. The summed E-state index contributed by atoms with van der Waals surface area (Å²) in [7, 11) is 0. The minimum Gasteiger partial charge on any atom is -0.325 e. The summed E-state index contributed by atoms with van der Waals surface area (Å²) in [6.45, 7) is 3.67. The molecule has 1 aromatic rings. The molecule has 0 saturated heterocycles. The maximum Gasteiger partial charge on any atom is 0.241 e. The highest BCUT2D eigenvalue weighted by Gasteiger charge is 2.17. The molecule has 0 aliphatic carbocycles. The lowest BCUT2D eigenvalue weighted by atomic mass is 10.1. The predicted octanol–water partition coefficient (Wildman–Crippen LogP) is 2.40. The fourth-order valence-electron chi connectivity index (χ4n) is 1.15. The van der Waals surface area contributed by atoms with Gasteiger partial charge in [-0.25, -0.2) is 4.39 Å². The monoisotopic (exact) mass is 244 g/mol. The summed E-state index contributed by atoms with van der Waals surface area (Å²) in [5.41, 5.74) is 5.96. The van der Waals surface area contributed by atoms with Crippen molar-refractivity contribution in [3.63, 3.8) is 0 Å². The molecule has 1 atom stereocenters. The second-order valence-corrected chi connectivity index (χ2v) is 4.35. The second kappa shape index (κ2) is 5.27. The minimum absolute atomic E-state index is 0.0176. The van der Waals surface area contributed by atoms with Gasteiger partial charge in [-0.1, -0.05) is 25.4 Å². The summed E-state index contributed by atoms with van der Waals surface area (Å²) in [5.74, 6) is -0.832. The summed E-state index contributed by atoms with van der Waals surface area (Å²) in [4.78, 5) is 11.6. The molecular weight excluding hydrogens is 231 g/mol. The van der Waals surface area contributed by atoms with Gasteiger partial charge in [0, 0.05) is 10.7 Å². The number of benzene rings is 1. The van der Waals surface area contributed by atoms with Crippen molar-refractivity contribution in [3.8, 4) is 0 Å². The number of hydrogen-bond donors (Lipinski definition) is 2. The lowest BCUT2D eigenvalue weighted by molar-refractivity contribution is -0.118. The van der Waals surface area contributed by atoms with Crippen LogP contribution in [-0.2, 0) is 4.79 Å². The third-order valence-electron chi connectivity index (χ3n) is 2.15. The molecule has 0 saturated carbocycles. The molecule has 16 heavy (non-hydrogen) atoms. The molecule has 0 bridgehead atoms. The van der Waals surface area contributed by atoms with Gasteiger partial charge in [-0.15, -0.1) is 0 Å². The molecular formula is C11H14ClFN2O. The van der Waals surface area contributed by atoms with Crippen molar-refractivity contribution in [3.05, 3.63) is 29.0 Å². The lowest BCUT2D eigenvalue weighted by Crippen LogP contribution is -2.39. The average molecular weight is 245 g/mol. The summed E-state index contributed by atoms with van der Waals surface area (Å²) in [6, 6.07) is 3.20. The molecule has 3 N–H and O–H groups in total. The minimum atomic E-state index is -0.623. The largest absolute Gasteiger partial charge is 0.325 e. The summed E-state index contributed by atoms with van der Waals surface area (Å²) in [5, 5.41) is 2.75. The number of nitrogens with two attached hydrogens (primary N) is 1. The van der Waals surface area contributed by atoms with Crippen LogP contribution in [0.1, 0.15) is 13.8 Å². The van der Waals surface area contributed by atoms with Crippen LogP contribution < -0.4 is 11.1 Å². The standard InChI is InChI=1S/C11H14ClFN2O/c1-6(2)10(14)11(16)15-9-4-7(12)3-8(13)5-9/h3-6,10H,14H2,1-2H3,(H,15,16). The van der Waals surface area contributed by atoms with E-state index in [4.69, 9.17) is 17.3 Å². The van der Waals surface area contributed by atoms with Crippen LogP contribution in [0.3, 0.4) is 0 Å². The summed E-state index contributed by atoms with van der Waals surface area (Å²) < 4.78 is 13.0. The highest BCUT2D eigenvalue weighted by molar-refractivity contribution is 6.30. The van der Waals surface area contributed by atoms with Gasteiger partial charge in [-0.2, -0.15) is 0 Å². The van der Waals surface area contributed by atoms with Crippen molar-refractivity contribution < 1.29 is 9.18 Å². The Balaban J connectivity index is 2.77. The van der Waals surface area contributed by atoms with Crippen molar-refractivity contribution in [2.24, 2.45) is 11.7 Å². The summed E-state index contributed by atoms with van der Waals surface area (Å²) >= 11 is 5.65. The molecule has 0 spiro atoms. The van der Waals surface area contributed by atoms with Crippen molar-refractivity contribution in [1.29, 1.82) is 0 Å². The first-order valence-corrected chi connectivity index (χ1v) is 5.30. The van der Waals surface area contributed by atoms with E-state index in [1.165, 1.54) is 18.2 Å². The number of rotatable bonds is 3. The zero-order valence-electron chi connectivity index (χ0n) is 9.13. The van der Waals surface area contributed by atoms with Gasteiger partial charge in [0.25, 0.3) is 0 Å². The van der Waals surface area contributed by atoms with Gasteiger partial charge in [0.2, 0.25) is 5.91 Å². The van der Waals surface area contributed by atoms with Gasteiger partial charge >= 0.3 is 0 Å². The molecule has 5 heteroatoms. The zero-order chi connectivity index (χ0) is 12.3. The van der Waals surface area contributed by atoms with Crippen molar-refractivity contribution in [1.82, 2.24) is 0 Å². The van der Waals surface area contributed by atoms with Crippen LogP contribution in [0, 0.1) is 11.7 Å². The fraction of sp³-hybridized carbons (Fsp3) is 0.364. The molecule has 0 aromatic heterocycles. The quantitative estimate of drug-likeness (QED) is 0.858. The molecule has 0 radical (unpaired) electrons. The van der Waals surface area contributed by atoms with E-state index in [9.17, 15) is 9.18 Å². The number of carbonyl (C=O) groups excluding carboxylic acids is 1. The van der Waals surface area contributed by atoms with Crippen LogP contribution in [0.15, 0.2) is 18.2 Å². The maximum absolute atomic E-state index is 13.0. The molecule has 0 heterocycles. The van der Waals surface area contributed by atoms with Crippen LogP contribution >= 0.6 is 11.6 Å². The van der Waals surface area contributed by atoms with Gasteiger partial charge in [0.05, 0.1) is 6.04 Å². The third kappa shape index (κ3) is 3.47. The van der Waals surface area contributed by atoms with Crippen molar-refractivity contribution in [2.75, 3.05) is 5.32 Å². The van der Waals surface area contributed by atoms with Gasteiger partial charge in [0.1, 0.15) is 5.82 Å². The fourth-order valence-corrected chi connectivity index (χ4v) is 1.38. The van der Waals surface area contributed by atoms with Gasteiger partial charge in [-0.3, -0.25) is 4.79 Å². The summed E-state index contributed by atoms with van der Waals surface area (Å²) in [6.07, 6.45) is 0. The lowest BCUT2D eigenvalue weighted by Gasteiger charge is -2.15. The normalized spacial score (nSPS) is 12.6. The smallest absolute Gasteiger partial charge is 0.241 e. The van der Waals surface area contributed by atoms with E-state index in [1.54, 1.807) is 0 Å². The zero-order valence-corrected chi connectivity index (χ0v) is 9.88. The highest BCUT2D eigenvalue weighted by Crippen LogP contribution is 2.18. The third-order valence-corrected chi connectivity index (χ3v) is 2.37. The van der Waals surface area contributed by atoms with E-state index < -0.39 is 11.9 Å². The molecule has 3 nitrogen and oxygen atoms in total. The Bertz CT molecular complexity index is 375. The Morgan fingerprint density at radius 1 is 1.44 bits per heavy atom. The van der Waals surface area contributed by atoms with E-state index in [0.717, 1.165) is 0 Å². The van der Waals surface area contributed by atoms with E-state index in [1.807, 2.05) is 13.8 Å². The van der Waals surface area contributed by atoms with Crippen molar-refractivity contribution in [2.45, 2.75) is 19.9 Å². The number of halogens is 2. The predicted molar refractivity (Wildman–Crippen MR) is 62.9 cm³/mol. The highest BCUT2D eigenvalue weighted by atomic mass is 35.5. The van der Waals surface area contributed by atoms with Crippen LogP contribution in [0.5, 0.6) is 0 Å². The van der Waals surface area contributed by atoms with Crippen LogP contribution in [-0.4, -0.2) is 11.9 Å².